The van der Waals surface area contributed by atoms with Crippen LogP contribution in [0.15, 0.2) is 18.3 Å². The molecule has 4 heteroatoms. The number of carbonyl (C=O) groups excluding carboxylic acids is 1. The lowest BCUT2D eigenvalue weighted by Crippen LogP contribution is -2.31. The zero-order valence-electron chi connectivity index (χ0n) is 11.6. The van der Waals surface area contributed by atoms with Crippen LogP contribution in [0.4, 0.5) is 10.6 Å². The predicted octanol–water partition coefficient (Wildman–Crippen LogP) is 3.48. The van der Waals surface area contributed by atoms with E-state index >= 15 is 0 Å². The standard InChI is InChI=1S/C15H23N3O/c1-12-7-9-16-14(11-12)18-15(19)17-10-8-13-5-3-2-4-6-13/h7,9,11,13H,2-6,8,10H2,1H3,(H2,16,17,18,19). The number of nitrogens with zero attached hydrogens (tertiary/aromatic N) is 1. The zero-order chi connectivity index (χ0) is 13.5. The summed E-state index contributed by atoms with van der Waals surface area (Å²) in [7, 11) is 0. The van der Waals surface area contributed by atoms with E-state index < -0.39 is 0 Å². The molecule has 0 unspecified atom stereocenters. The molecule has 104 valence electrons. The van der Waals surface area contributed by atoms with E-state index in [2.05, 4.69) is 15.6 Å². The van der Waals surface area contributed by atoms with Crippen molar-refractivity contribution in [1.82, 2.24) is 10.3 Å². The van der Waals surface area contributed by atoms with Gasteiger partial charge >= 0.3 is 6.03 Å². The Labute approximate surface area is 115 Å². The maximum Gasteiger partial charge on any atom is 0.320 e. The number of anilines is 1. The first-order valence-electron chi connectivity index (χ1n) is 7.21. The number of aryl methyl sites for hydroxylation is 1. The van der Waals surface area contributed by atoms with Gasteiger partial charge in [0.25, 0.3) is 0 Å². The van der Waals surface area contributed by atoms with Crippen LogP contribution >= 0.6 is 0 Å². The van der Waals surface area contributed by atoms with E-state index in [1.54, 1.807) is 6.20 Å². The van der Waals surface area contributed by atoms with Crippen molar-refractivity contribution in [2.75, 3.05) is 11.9 Å². The Bertz CT molecular complexity index is 414. The molecular formula is C15H23N3O. The fourth-order valence-electron chi connectivity index (χ4n) is 2.63. The molecule has 2 amide bonds. The van der Waals surface area contributed by atoms with Crippen LogP contribution in [0.3, 0.4) is 0 Å². The molecule has 0 bridgehead atoms. The summed E-state index contributed by atoms with van der Waals surface area (Å²) in [6.07, 6.45) is 9.52. The van der Waals surface area contributed by atoms with Crippen LogP contribution in [0.25, 0.3) is 0 Å². The molecule has 1 aliphatic carbocycles. The average Bonchev–Trinajstić information content (AvgIpc) is 2.40. The second kappa shape index (κ2) is 7.12. The van der Waals surface area contributed by atoms with Crippen LogP contribution in [-0.2, 0) is 0 Å². The smallest absolute Gasteiger partial charge is 0.320 e. The minimum atomic E-state index is -0.158. The molecule has 0 atom stereocenters. The molecule has 1 aliphatic rings. The molecule has 0 aromatic carbocycles. The van der Waals surface area contributed by atoms with Crippen LogP contribution < -0.4 is 10.6 Å². The van der Waals surface area contributed by atoms with Crippen molar-refractivity contribution in [1.29, 1.82) is 0 Å². The number of urea groups is 1. The Morgan fingerprint density at radius 2 is 2.16 bits per heavy atom. The maximum absolute atomic E-state index is 11.7. The van der Waals surface area contributed by atoms with E-state index in [0.29, 0.717) is 5.82 Å². The summed E-state index contributed by atoms with van der Waals surface area (Å²) in [6, 6.07) is 3.61. The van der Waals surface area contributed by atoms with Crippen LogP contribution in [0.5, 0.6) is 0 Å². The second-order valence-electron chi connectivity index (χ2n) is 5.39. The van der Waals surface area contributed by atoms with Crippen LogP contribution in [0.1, 0.15) is 44.1 Å². The van der Waals surface area contributed by atoms with Crippen molar-refractivity contribution in [3.8, 4) is 0 Å². The molecule has 2 N–H and O–H groups in total. The van der Waals surface area contributed by atoms with Crippen molar-refractivity contribution in [3.63, 3.8) is 0 Å². The first-order valence-corrected chi connectivity index (χ1v) is 7.21. The first-order chi connectivity index (χ1) is 9.24. The van der Waals surface area contributed by atoms with E-state index in [4.69, 9.17) is 0 Å². The topological polar surface area (TPSA) is 54.0 Å². The molecule has 4 nitrogen and oxygen atoms in total. The van der Waals surface area contributed by atoms with Gasteiger partial charge in [-0.1, -0.05) is 32.1 Å². The third-order valence-electron chi connectivity index (χ3n) is 3.72. The van der Waals surface area contributed by atoms with Gasteiger partial charge in [-0.2, -0.15) is 0 Å². The van der Waals surface area contributed by atoms with Gasteiger partial charge in [0.2, 0.25) is 0 Å². The van der Waals surface area contributed by atoms with Crippen molar-refractivity contribution < 1.29 is 4.79 Å². The third-order valence-corrected chi connectivity index (χ3v) is 3.72. The van der Waals surface area contributed by atoms with Crippen LogP contribution in [0, 0.1) is 12.8 Å². The molecule has 0 saturated heterocycles. The molecule has 0 aliphatic heterocycles. The highest BCUT2D eigenvalue weighted by Crippen LogP contribution is 2.25. The second-order valence-corrected chi connectivity index (χ2v) is 5.39. The van der Waals surface area contributed by atoms with E-state index in [0.717, 1.165) is 24.4 Å². The van der Waals surface area contributed by atoms with E-state index in [9.17, 15) is 4.79 Å². The Hall–Kier alpha value is -1.58. The van der Waals surface area contributed by atoms with Crippen molar-refractivity contribution >= 4 is 11.8 Å². The number of nitrogens with one attached hydrogen (secondary N) is 2. The van der Waals surface area contributed by atoms with Crippen molar-refractivity contribution in [2.24, 2.45) is 5.92 Å². The average molecular weight is 261 g/mol. The number of hydrogen-bond donors (Lipinski definition) is 2. The van der Waals surface area contributed by atoms with E-state index in [1.165, 1.54) is 32.1 Å². The highest BCUT2D eigenvalue weighted by atomic mass is 16.2. The Kier molecular flexibility index (Phi) is 5.19. The van der Waals surface area contributed by atoms with Gasteiger partial charge in [-0.3, -0.25) is 5.32 Å². The third kappa shape index (κ3) is 4.89. The van der Waals surface area contributed by atoms with Gasteiger partial charge in [0.05, 0.1) is 0 Å². The van der Waals surface area contributed by atoms with Gasteiger partial charge < -0.3 is 5.32 Å². The Morgan fingerprint density at radius 3 is 2.89 bits per heavy atom. The summed E-state index contributed by atoms with van der Waals surface area (Å²) in [5.41, 5.74) is 1.09. The largest absolute Gasteiger partial charge is 0.338 e. The molecule has 2 rings (SSSR count). The van der Waals surface area contributed by atoms with Crippen LogP contribution in [-0.4, -0.2) is 17.6 Å². The number of amides is 2. The SMILES string of the molecule is Cc1ccnc(NC(=O)NCCC2CCCCC2)c1. The molecule has 1 heterocycles. The maximum atomic E-state index is 11.7. The molecule has 0 spiro atoms. The first kappa shape index (κ1) is 13.8. The molecule has 0 radical (unpaired) electrons. The fourth-order valence-corrected chi connectivity index (χ4v) is 2.63. The molecule has 1 aromatic rings. The normalized spacial score (nSPS) is 16.1. The highest BCUT2D eigenvalue weighted by molar-refractivity contribution is 5.88. The van der Waals surface area contributed by atoms with E-state index in [-0.39, 0.29) is 6.03 Å². The van der Waals surface area contributed by atoms with Gasteiger partial charge in [0, 0.05) is 12.7 Å². The fraction of sp³-hybridized carbons (Fsp3) is 0.600. The molecule has 19 heavy (non-hydrogen) atoms. The summed E-state index contributed by atoms with van der Waals surface area (Å²) in [4.78, 5) is 15.8. The lowest BCUT2D eigenvalue weighted by atomic mass is 9.87. The molecule has 1 aromatic heterocycles. The Morgan fingerprint density at radius 1 is 1.37 bits per heavy atom. The van der Waals surface area contributed by atoms with Crippen molar-refractivity contribution in [2.45, 2.75) is 45.4 Å². The summed E-state index contributed by atoms with van der Waals surface area (Å²) in [6.45, 7) is 2.73. The summed E-state index contributed by atoms with van der Waals surface area (Å²) in [5.74, 6) is 1.40. The molecular weight excluding hydrogens is 238 g/mol. The lowest BCUT2D eigenvalue weighted by Gasteiger charge is -2.21. The molecule has 1 saturated carbocycles. The predicted molar refractivity (Wildman–Crippen MR) is 77.2 cm³/mol. The number of aromatic nitrogens is 1. The summed E-state index contributed by atoms with van der Waals surface area (Å²) in [5, 5.41) is 5.67. The molecule has 1 fully saturated rings. The van der Waals surface area contributed by atoms with Gasteiger partial charge in [-0.15, -0.1) is 0 Å². The summed E-state index contributed by atoms with van der Waals surface area (Å²) >= 11 is 0. The van der Waals surface area contributed by atoms with Crippen molar-refractivity contribution in [3.05, 3.63) is 23.9 Å². The minimum absolute atomic E-state index is 0.158. The zero-order valence-corrected chi connectivity index (χ0v) is 11.6. The summed E-state index contributed by atoms with van der Waals surface area (Å²) < 4.78 is 0. The van der Waals surface area contributed by atoms with Gasteiger partial charge in [0.1, 0.15) is 5.82 Å². The minimum Gasteiger partial charge on any atom is -0.338 e. The number of rotatable bonds is 4. The Balaban J connectivity index is 1.67. The van der Waals surface area contributed by atoms with Crippen LogP contribution in [0.2, 0.25) is 0 Å². The van der Waals surface area contributed by atoms with E-state index in [1.807, 2.05) is 19.1 Å². The number of hydrogen-bond acceptors (Lipinski definition) is 2. The number of pyridine rings is 1. The van der Waals surface area contributed by atoms with Gasteiger partial charge in [0.15, 0.2) is 0 Å². The lowest BCUT2D eigenvalue weighted by molar-refractivity contribution is 0.250. The van der Waals surface area contributed by atoms with Gasteiger partial charge in [-0.05, 0) is 37.0 Å². The quantitative estimate of drug-likeness (QED) is 0.871. The number of carbonyl (C=O) groups is 1. The highest BCUT2D eigenvalue weighted by Gasteiger charge is 2.13. The van der Waals surface area contributed by atoms with Gasteiger partial charge in [-0.25, -0.2) is 9.78 Å². The monoisotopic (exact) mass is 261 g/mol.